The predicted octanol–water partition coefficient (Wildman–Crippen LogP) is 3.35. The molecule has 1 aromatic carbocycles. The Morgan fingerprint density at radius 3 is 2.85 bits per heavy atom. The Morgan fingerprint density at radius 1 is 1.31 bits per heavy atom. The summed E-state index contributed by atoms with van der Waals surface area (Å²) < 4.78 is 0.942. The minimum Gasteiger partial charge on any atom is -0.223 e. The number of benzene rings is 1. The maximum atomic E-state index is 5.75. The third-order valence-corrected chi connectivity index (χ3v) is 2.65. The Kier molecular flexibility index (Phi) is 2.22. The van der Waals surface area contributed by atoms with E-state index in [2.05, 4.69) is 25.9 Å². The number of aromatic nitrogens is 2. The van der Waals surface area contributed by atoms with Crippen molar-refractivity contribution >= 4 is 38.4 Å². The molecule has 0 radical (unpaired) electrons. The number of nitrogens with zero attached hydrogens (tertiary/aromatic N) is 2. The molecule has 0 amide bonds. The Morgan fingerprint density at radius 2 is 2.08 bits per heavy atom. The van der Waals surface area contributed by atoms with Gasteiger partial charge in [0.2, 0.25) is 5.28 Å². The van der Waals surface area contributed by atoms with Crippen LogP contribution in [0.2, 0.25) is 5.28 Å². The molecule has 0 N–H and O–H groups in total. The van der Waals surface area contributed by atoms with Gasteiger partial charge < -0.3 is 0 Å². The summed E-state index contributed by atoms with van der Waals surface area (Å²) in [6.45, 7) is 1.92. The average Bonchev–Trinajstić information content (AvgIpc) is 2.07. The van der Waals surface area contributed by atoms with Crippen LogP contribution in [0.25, 0.3) is 10.9 Å². The van der Waals surface area contributed by atoms with Crippen molar-refractivity contribution in [1.29, 1.82) is 0 Å². The molecule has 0 bridgehead atoms. The summed E-state index contributed by atoms with van der Waals surface area (Å²) in [6, 6.07) is 5.87. The number of hydrogen-bond acceptors (Lipinski definition) is 2. The van der Waals surface area contributed by atoms with E-state index in [1.165, 1.54) is 0 Å². The Hall–Kier alpha value is -0.670. The lowest BCUT2D eigenvalue weighted by molar-refractivity contribution is 1.15. The summed E-state index contributed by atoms with van der Waals surface area (Å²) in [5.41, 5.74) is 1.76. The second kappa shape index (κ2) is 3.24. The van der Waals surface area contributed by atoms with Crippen LogP contribution >= 0.6 is 27.5 Å². The fourth-order valence-electron chi connectivity index (χ4n) is 1.24. The smallest absolute Gasteiger partial charge is 0.223 e. The molecule has 0 aliphatic rings. The molecule has 0 atom stereocenters. The van der Waals surface area contributed by atoms with Gasteiger partial charge in [-0.2, -0.15) is 0 Å². The van der Waals surface area contributed by atoms with E-state index in [0.29, 0.717) is 0 Å². The second-order valence-electron chi connectivity index (χ2n) is 2.71. The molecule has 1 aromatic heterocycles. The number of rotatable bonds is 0. The van der Waals surface area contributed by atoms with Crippen LogP contribution in [0.1, 0.15) is 5.69 Å². The first-order valence-corrected chi connectivity index (χ1v) is 4.94. The van der Waals surface area contributed by atoms with Crippen LogP contribution in [0, 0.1) is 6.92 Å². The van der Waals surface area contributed by atoms with Gasteiger partial charge in [-0.15, -0.1) is 0 Å². The van der Waals surface area contributed by atoms with Gasteiger partial charge in [0.15, 0.2) is 0 Å². The lowest BCUT2D eigenvalue weighted by atomic mass is 10.2. The van der Waals surface area contributed by atoms with Crippen molar-refractivity contribution < 1.29 is 0 Å². The van der Waals surface area contributed by atoms with Crippen molar-refractivity contribution in [2.45, 2.75) is 6.92 Å². The van der Waals surface area contributed by atoms with Gasteiger partial charge in [0.25, 0.3) is 0 Å². The van der Waals surface area contributed by atoms with E-state index < -0.39 is 0 Å². The van der Waals surface area contributed by atoms with Crippen molar-refractivity contribution in [2.75, 3.05) is 0 Å². The highest BCUT2D eigenvalue weighted by molar-refractivity contribution is 9.10. The number of para-hydroxylation sites is 1. The minimum absolute atomic E-state index is 0.289. The Bertz CT molecular complexity index is 470. The summed E-state index contributed by atoms with van der Waals surface area (Å²) in [5.74, 6) is 0. The van der Waals surface area contributed by atoms with Gasteiger partial charge in [-0.25, -0.2) is 9.97 Å². The third kappa shape index (κ3) is 1.54. The van der Waals surface area contributed by atoms with Crippen molar-refractivity contribution in [1.82, 2.24) is 9.97 Å². The van der Waals surface area contributed by atoms with Crippen molar-refractivity contribution in [3.63, 3.8) is 0 Å². The zero-order valence-corrected chi connectivity index (χ0v) is 9.22. The van der Waals surface area contributed by atoms with Crippen LogP contribution in [-0.4, -0.2) is 9.97 Å². The molecule has 2 nitrogen and oxygen atoms in total. The lowest BCUT2D eigenvalue weighted by Crippen LogP contribution is -1.90. The van der Waals surface area contributed by atoms with E-state index >= 15 is 0 Å². The van der Waals surface area contributed by atoms with Crippen LogP contribution in [0.3, 0.4) is 0 Å². The molecule has 2 aromatic rings. The molecule has 0 spiro atoms. The highest BCUT2D eigenvalue weighted by Gasteiger charge is 2.04. The first kappa shape index (κ1) is 8.91. The van der Waals surface area contributed by atoms with Gasteiger partial charge in [-0.3, -0.25) is 0 Å². The van der Waals surface area contributed by atoms with Crippen LogP contribution in [-0.2, 0) is 0 Å². The van der Waals surface area contributed by atoms with Gasteiger partial charge in [-0.1, -0.05) is 12.1 Å². The van der Waals surface area contributed by atoms with Crippen LogP contribution < -0.4 is 0 Å². The molecular weight excluding hydrogens is 251 g/mol. The number of aryl methyl sites for hydroxylation is 1. The van der Waals surface area contributed by atoms with Crippen LogP contribution in [0.4, 0.5) is 0 Å². The number of hydrogen-bond donors (Lipinski definition) is 0. The minimum atomic E-state index is 0.289. The van der Waals surface area contributed by atoms with E-state index in [-0.39, 0.29) is 5.28 Å². The topological polar surface area (TPSA) is 25.8 Å². The monoisotopic (exact) mass is 256 g/mol. The molecule has 4 heteroatoms. The first-order chi connectivity index (χ1) is 6.18. The molecule has 66 valence electrons. The lowest BCUT2D eigenvalue weighted by Gasteiger charge is -2.02. The van der Waals surface area contributed by atoms with Gasteiger partial charge in [0.1, 0.15) is 0 Å². The van der Waals surface area contributed by atoms with E-state index in [1.54, 1.807) is 0 Å². The molecular formula is C9H6BrClN2. The van der Waals surface area contributed by atoms with Crippen molar-refractivity contribution in [3.8, 4) is 0 Å². The van der Waals surface area contributed by atoms with E-state index in [1.807, 2.05) is 25.1 Å². The summed E-state index contributed by atoms with van der Waals surface area (Å²) in [6.07, 6.45) is 0. The maximum absolute atomic E-state index is 5.75. The molecule has 0 aliphatic heterocycles. The second-order valence-corrected chi connectivity index (χ2v) is 3.91. The third-order valence-electron chi connectivity index (χ3n) is 1.84. The molecule has 2 rings (SSSR count). The molecule has 0 aliphatic carbocycles. The fraction of sp³-hybridized carbons (Fsp3) is 0.111. The largest absolute Gasteiger partial charge is 0.223 e. The fourth-order valence-corrected chi connectivity index (χ4v) is 1.90. The van der Waals surface area contributed by atoms with Gasteiger partial charge in [0.05, 0.1) is 11.2 Å². The Labute approximate surface area is 89.1 Å². The average molecular weight is 258 g/mol. The summed E-state index contributed by atoms with van der Waals surface area (Å²) in [5, 5.41) is 1.32. The van der Waals surface area contributed by atoms with Gasteiger partial charge >= 0.3 is 0 Å². The molecule has 0 saturated heterocycles. The van der Waals surface area contributed by atoms with Crippen LogP contribution in [0.15, 0.2) is 22.7 Å². The zero-order chi connectivity index (χ0) is 9.42. The van der Waals surface area contributed by atoms with E-state index in [4.69, 9.17) is 11.6 Å². The summed E-state index contributed by atoms with van der Waals surface area (Å²) in [4.78, 5) is 8.22. The SMILES string of the molecule is Cc1nc(Cl)nc2c(Br)cccc12. The van der Waals surface area contributed by atoms with E-state index in [0.717, 1.165) is 21.1 Å². The van der Waals surface area contributed by atoms with Crippen molar-refractivity contribution in [2.24, 2.45) is 0 Å². The zero-order valence-electron chi connectivity index (χ0n) is 6.88. The summed E-state index contributed by atoms with van der Waals surface area (Å²) >= 11 is 9.17. The highest BCUT2D eigenvalue weighted by atomic mass is 79.9. The molecule has 1 heterocycles. The number of halogens is 2. The van der Waals surface area contributed by atoms with Gasteiger partial charge in [0, 0.05) is 9.86 Å². The predicted molar refractivity (Wildman–Crippen MR) is 57.0 cm³/mol. The standard InChI is InChI=1S/C9H6BrClN2/c1-5-6-3-2-4-7(10)8(6)13-9(11)12-5/h2-4H,1H3. The first-order valence-electron chi connectivity index (χ1n) is 3.77. The van der Waals surface area contributed by atoms with Crippen LogP contribution in [0.5, 0.6) is 0 Å². The van der Waals surface area contributed by atoms with E-state index in [9.17, 15) is 0 Å². The number of fused-ring (bicyclic) bond motifs is 1. The Balaban J connectivity index is 2.94. The maximum Gasteiger partial charge on any atom is 0.223 e. The molecule has 0 saturated carbocycles. The normalized spacial score (nSPS) is 10.7. The highest BCUT2D eigenvalue weighted by Crippen LogP contribution is 2.24. The quantitative estimate of drug-likeness (QED) is 0.676. The van der Waals surface area contributed by atoms with Gasteiger partial charge in [-0.05, 0) is 40.5 Å². The van der Waals surface area contributed by atoms with Crippen molar-refractivity contribution in [3.05, 3.63) is 33.6 Å². The molecule has 0 unspecified atom stereocenters. The summed E-state index contributed by atoms with van der Waals surface area (Å²) in [7, 11) is 0. The molecule has 0 fully saturated rings. The molecule has 13 heavy (non-hydrogen) atoms.